The van der Waals surface area contributed by atoms with E-state index in [-0.39, 0.29) is 29.3 Å². The van der Waals surface area contributed by atoms with Crippen LogP contribution < -0.4 is 15.8 Å². The van der Waals surface area contributed by atoms with Gasteiger partial charge in [-0.3, -0.25) is 15.6 Å². The van der Waals surface area contributed by atoms with Crippen molar-refractivity contribution in [3.8, 4) is 6.07 Å². The summed E-state index contributed by atoms with van der Waals surface area (Å²) < 4.78 is 30.0. The van der Waals surface area contributed by atoms with Crippen LogP contribution in [-0.2, 0) is 4.79 Å². The van der Waals surface area contributed by atoms with Crippen molar-refractivity contribution in [2.24, 2.45) is 17.3 Å². The van der Waals surface area contributed by atoms with E-state index in [2.05, 4.69) is 30.4 Å². The van der Waals surface area contributed by atoms with E-state index in [1.165, 1.54) is 12.1 Å². The molecule has 37 heavy (non-hydrogen) atoms. The van der Waals surface area contributed by atoms with Crippen molar-refractivity contribution in [3.05, 3.63) is 47.8 Å². The lowest BCUT2D eigenvalue weighted by Crippen LogP contribution is -2.63. The second-order valence-corrected chi connectivity index (χ2v) is 11.2. The molecule has 4 fully saturated rings. The lowest BCUT2D eigenvalue weighted by atomic mass is 9.66. The molecule has 6 rings (SSSR count). The maximum Gasteiger partial charge on any atom is 0.245 e. The van der Waals surface area contributed by atoms with Gasteiger partial charge in [-0.05, 0) is 54.7 Å². The number of anilines is 1. The van der Waals surface area contributed by atoms with E-state index in [1.54, 1.807) is 11.0 Å². The number of benzene rings is 1. The number of aromatic nitrogens is 1. The Morgan fingerprint density at radius 3 is 2.92 bits per heavy atom. The zero-order valence-electron chi connectivity index (χ0n) is 21.0. The molecule has 3 saturated heterocycles. The van der Waals surface area contributed by atoms with Crippen molar-refractivity contribution >= 4 is 22.6 Å². The fourth-order valence-electron chi connectivity index (χ4n) is 7.56. The summed E-state index contributed by atoms with van der Waals surface area (Å²) in [6.45, 7) is 7.29. The maximum absolute atomic E-state index is 15.3. The highest BCUT2D eigenvalue weighted by atomic mass is 19.1. The second-order valence-electron chi connectivity index (χ2n) is 11.2. The van der Waals surface area contributed by atoms with Gasteiger partial charge in [0.2, 0.25) is 5.91 Å². The number of rotatable bonds is 4. The number of fused-ring (bicyclic) bond motifs is 2. The van der Waals surface area contributed by atoms with E-state index in [0.717, 1.165) is 24.9 Å². The summed E-state index contributed by atoms with van der Waals surface area (Å²) in [6.07, 6.45) is 3.99. The fraction of sp³-hybridized carbons (Fsp3) is 0.536. The number of hydrazine groups is 1. The molecule has 0 bridgehead atoms. The molecule has 2 aromatic rings. The zero-order valence-corrected chi connectivity index (χ0v) is 21.0. The van der Waals surface area contributed by atoms with Gasteiger partial charge in [0.1, 0.15) is 29.9 Å². The van der Waals surface area contributed by atoms with Gasteiger partial charge in [-0.2, -0.15) is 5.26 Å². The molecule has 5 unspecified atom stereocenters. The molecule has 7 nitrogen and oxygen atoms in total. The largest absolute Gasteiger partial charge is 0.349 e. The monoisotopic (exact) mass is 506 g/mol. The smallest absolute Gasteiger partial charge is 0.245 e. The van der Waals surface area contributed by atoms with Crippen LogP contribution in [0, 0.1) is 34.4 Å². The molecule has 1 aliphatic carbocycles. The summed E-state index contributed by atoms with van der Waals surface area (Å²) in [4.78, 5) is 20.4. The predicted molar refractivity (Wildman–Crippen MR) is 137 cm³/mol. The van der Waals surface area contributed by atoms with Crippen molar-refractivity contribution in [1.82, 2.24) is 20.7 Å². The number of pyridine rings is 1. The number of hydrogen-bond donors (Lipinski definition) is 2. The SMILES string of the molecule is C=CC(=O)N1CC2(CCN(c3nc4c(F)cccc4c(C4C(C)CCC5NNCC54)c3C#N)C2CF)C1. The van der Waals surface area contributed by atoms with Crippen molar-refractivity contribution in [2.75, 3.05) is 37.8 Å². The Balaban J connectivity index is 1.49. The summed E-state index contributed by atoms with van der Waals surface area (Å²) in [7, 11) is 0. The molecule has 4 heterocycles. The van der Waals surface area contributed by atoms with E-state index in [9.17, 15) is 14.4 Å². The van der Waals surface area contributed by atoms with Crippen LogP contribution in [0.15, 0.2) is 30.9 Å². The van der Waals surface area contributed by atoms with Crippen LogP contribution in [0.4, 0.5) is 14.6 Å². The fourth-order valence-corrected chi connectivity index (χ4v) is 7.56. The van der Waals surface area contributed by atoms with Gasteiger partial charge in [-0.15, -0.1) is 0 Å². The first-order valence-corrected chi connectivity index (χ1v) is 13.2. The molecular formula is C28H32F2N6O. The van der Waals surface area contributed by atoms with Crippen molar-refractivity contribution < 1.29 is 13.6 Å². The first-order valence-electron chi connectivity index (χ1n) is 13.2. The van der Waals surface area contributed by atoms with Gasteiger partial charge in [0.25, 0.3) is 0 Å². The molecule has 1 spiro atoms. The van der Waals surface area contributed by atoms with Gasteiger partial charge in [0.05, 0.1) is 11.6 Å². The molecule has 9 heteroatoms. The number of carbonyl (C=O) groups is 1. The Hall–Kier alpha value is -3.09. The molecule has 2 N–H and O–H groups in total. The molecule has 1 aromatic heterocycles. The first kappa shape index (κ1) is 24.3. The van der Waals surface area contributed by atoms with E-state index in [4.69, 9.17) is 4.98 Å². The standard InChI is InChI=1S/C28H32F2N6O/c1-3-23(37)35-14-28(15-35)9-10-36(22(28)11-29)27-18(12-31)25(17-5-4-6-20(30)26(17)33-27)24-16(2)7-8-21-19(24)13-32-34-21/h3-6,16,19,21-22,24,32,34H,1,7-11,13-15H2,2H3. The highest BCUT2D eigenvalue weighted by Gasteiger charge is 2.56. The highest BCUT2D eigenvalue weighted by molar-refractivity contribution is 5.89. The molecule has 0 radical (unpaired) electrons. The van der Waals surface area contributed by atoms with Crippen molar-refractivity contribution in [3.63, 3.8) is 0 Å². The number of amides is 1. The normalized spacial score (nSPS) is 30.3. The Labute approximate surface area is 215 Å². The third-order valence-corrected chi connectivity index (χ3v) is 9.43. The first-order chi connectivity index (χ1) is 17.9. The number of nitrogens with zero attached hydrogens (tertiary/aromatic N) is 4. The summed E-state index contributed by atoms with van der Waals surface area (Å²) in [6, 6.07) is 7.10. The Kier molecular flexibility index (Phi) is 5.92. The quantitative estimate of drug-likeness (QED) is 0.619. The molecule has 3 aliphatic heterocycles. The van der Waals surface area contributed by atoms with Crippen LogP contribution in [0.2, 0.25) is 0 Å². The number of para-hydroxylation sites is 1. The maximum atomic E-state index is 15.3. The van der Waals surface area contributed by atoms with Crippen molar-refractivity contribution in [1.29, 1.82) is 5.26 Å². The number of nitriles is 1. The lowest BCUT2D eigenvalue weighted by Gasteiger charge is -2.51. The number of halogens is 2. The highest BCUT2D eigenvalue weighted by Crippen LogP contribution is 2.51. The van der Waals surface area contributed by atoms with E-state index in [0.29, 0.717) is 48.7 Å². The van der Waals surface area contributed by atoms with Crippen LogP contribution in [-0.4, -0.2) is 60.7 Å². The second kappa shape index (κ2) is 9.03. The predicted octanol–water partition coefficient (Wildman–Crippen LogP) is 3.41. The van der Waals surface area contributed by atoms with Crippen LogP contribution in [0.25, 0.3) is 10.9 Å². The van der Waals surface area contributed by atoms with Crippen LogP contribution in [0.1, 0.15) is 43.2 Å². The van der Waals surface area contributed by atoms with Gasteiger partial charge in [0.15, 0.2) is 0 Å². The molecule has 5 atom stereocenters. The van der Waals surface area contributed by atoms with E-state index < -0.39 is 23.9 Å². The van der Waals surface area contributed by atoms with Crippen molar-refractivity contribution in [2.45, 2.75) is 44.2 Å². The van der Waals surface area contributed by atoms with E-state index >= 15 is 4.39 Å². The number of alkyl halides is 1. The third-order valence-electron chi connectivity index (χ3n) is 9.43. The number of likely N-dealkylation sites (tertiary alicyclic amines) is 1. The summed E-state index contributed by atoms with van der Waals surface area (Å²) in [5, 5.41) is 11.2. The van der Waals surface area contributed by atoms with Gasteiger partial charge in [-0.25, -0.2) is 13.8 Å². The Morgan fingerprint density at radius 2 is 2.19 bits per heavy atom. The Morgan fingerprint density at radius 1 is 1.38 bits per heavy atom. The molecule has 1 amide bonds. The molecule has 1 saturated carbocycles. The topological polar surface area (TPSA) is 84.3 Å². The van der Waals surface area contributed by atoms with Gasteiger partial charge in [-0.1, -0.05) is 25.6 Å². The van der Waals surface area contributed by atoms with Crippen LogP contribution >= 0.6 is 0 Å². The van der Waals surface area contributed by atoms with Gasteiger partial charge < -0.3 is 9.80 Å². The van der Waals surface area contributed by atoms with Crippen LogP contribution in [0.5, 0.6) is 0 Å². The average Bonchev–Trinajstić information content (AvgIpc) is 3.51. The minimum absolute atomic E-state index is 0.0340. The molecule has 1 aromatic carbocycles. The lowest BCUT2D eigenvalue weighted by molar-refractivity contribution is -0.138. The third kappa shape index (κ3) is 3.57. The summed E-state index contributed by atoms with van der Waals surface area (Å²) in [5.41, 5.74) is 7.76. The average molecular weight is 507 g/mol. The van der Waals surface area contributed by atoms with Gasteiger partial charge in [0, 0.05) is 43.0 Å². The Bertz CT molecular complexity index is 1300. The summed E-state index contributed by atoms with van der Waals surface area (Å²) >= 11 is 0. The molecule has 194 valence electrons. The van der Waals surface area contributed by atoms with Gasteiger partial charge >= 0.3 is 0 Å². The minimum Gasteiger partial charge on any atom is -0.349 e. The molecule has 4 aliphatic rings. The molecular weight excluding hydrogens is 474 g/mol. The zero-order chi connectivity index (χ0) is 25.9. The number of carbonyl (C=O) groups excluding carboxylic acids is 1. The summed E-state index contributed by atoms with van der Waals surface area (Å²) in [5.74, 6) is 0.355. The van der Waals surface area contributed by atoms with E-state index in [1.807, 2.05) is 11.0 Å². The minimum atomic E-state index is -0.633. The number of nitrogens with one attached hydrogen (secondary N) is 2. The van der Waals surface area contributed by atoms with Crippen LogP contribution in [0.3, 0.4) is 0 Å². The number of hydrogen-bond acceptors (Lipinski definition) is 6.